The van der Waals surface area contributed by atoms with Crippen LogP contribution in [0.15, 0.2) is 6.33 Å². The van der Waals surface area contributed by atoms with Crippen molar-refractivity contribution < 1.29 is 0 Å². The summed E-state index contributed by atoms with van der Waals surface area (Å²) in [6.07, 6.45) is 3.86. The van der Waals surface area contributed by atoms with Gasteiger partial charge in [-0.15, -0.1) is 0 Å². The van der Waals surface area contributed by atoms with E-state index in [1.807, 2.05) is 11.7 Å². The molecule has 0 saturated heterocycles. The highest BCUT2D eigenvalue weighted by Gasteiger charge is 2.17. The maximum Gasteiger partial charge on any atom is 0.138 e. The lowest BCUT2D eigenvalue weighted by Gasteiger charge is -2.21. The zero-order chi connectivity index (χ0) is 7.68. The van der Waals surface area contributed by atoms with Crippen LogP contribution in [0.25, 0.3) is 0 Å². The summed E-state index contributed by atoms with van der Waals surface area (Å²) in [4.78, 5) is 4.15. The van der Waals surface area contributed by atoms with Gasteiger partial charge in [0.2, 0.25) is 0 Å². The van der Waals surface area contributed by atoms with Crippen molar-refractivity contribution in [3.05, 3.63) is 12.2 Å². The van der Waals surface area contributed by atoms with E-state index in [-0.39, 0.29) is 0 Å². The maximum absolute atomic E-state index is 4.15. The van der Waals surface area contributed by atoms with Crippen LogP contribution in [0, 0.1) is 0 Å². The van der Waals surface area contributed by atoms with E-state index in [2.05, 4.69) is 15.4 Å². The van der Waals surface area contributed by atoms with Crippen molar-refractivity contribution in [1.29, 1.82) is 0 Å². The van der Waals surface area contributed by atoms with Crippen LogP contribution in [0.5, 0.6) is 0 Å². The summed E-state index contributed by atoms with van der Waals surface area (Å²) in [5.74, 6) is 1.12. The Morgan fingerprint density at radius 3 is 3.45 bits per heavy atom. The van der Waals surface area contributed by atoms with Gasteiger partial charge in [0, 0.05) is 12.5 Å². The molecule has 0 saturated carbocycles. The van der Waals surface area contributed by atoms with Crippen LogP contribution < -0.4 is 5.32 Å². The molecule has 0 fully saturated rings. The van der Waals surface area contributed by atoms with E-state index in [1.54, 1.807) is 6.33 Å². The number of likely N-dealkylation sites (N-methyl/N-ethyl adjacent to an activating group) is 1. The van der Waals surface area contributed by atoms with Crippen molar-refractivity contribution in [3.8, 4) is 0 Å². The summed E-state index contributed by atoms with van der Waals surface area (Å²) < 4.78 is 1.98. The average Bonchev–Trinajstić information content (AvgIpc) is 2.50. The lowest BCUT2D eigenvalue weighted by atomic mass is 10.1. The minimum Gasteiger partial charge on any atom is -0.315 e. The Labute approximate surface area is 65.6 Å². The van der Waals surface area contributed by atoms with E-state index in [1.165, 1.54) is 6.42 Å². The molecule has 2 heterocycles. The van der Waals surface area contributed by atoms with Gasteiger partial charge in [0.15, 0.2) is 0 Å². The Morgan fingerprint density at radius 1 is 1.73 bits per heavy atom. The Kier molecular flexibility index (Phi) is 1.62. The SMILES string of the molecule is CNC1CCc2ncnn2C1. The van der Waals surface area contributed by atoms with Gasteiger partial charge in [0.25, 0.3) is 0 Å². The van der Waals surface area contributed by atoms with Crippen molar-refractivity contribution in [2.75, 3.05) is 7.05 Å². The molecule has 1 aromatic rings. The molecule has 1 aliphatic rings. The second kappa shape index (κ2) is 2.62. The molecule has 1 atom stereocenters. The highest BCUT2D eigenvalue weighted by Crippen LogP contribution is 2.10. The topological polar surface area (TPSA) is 42.7 Å². The number of hydrogen-bond donors (Lipinski definition) is 1. The standard InChI is InChI=1S/C7H12N4/c1-8-6-2-3-7-9-5-10-11(7)4-6/h5-6,8H,2-4H2,1H3. The summed E-state index contributed by atoms with van der Waals surface area (Å²) in [7, 11) is 1.99. The van der Waals surface area contributed by atoms with Crippen LogP contribution in [0.3, 0.4) is 0 Å². The predicted octanol–water partition coefficient (Wildman–Crippen LogP) is -0.188. The van der Waals surface area contributed by atoms with Gasteiger partial charge < -0.3 is 5.32 Å². The van der Waals surface area contributed by atoms with E-state index >= 15 is 0 Å². The number of fused-ring (bicyclic) bond motifs is 1. The van der Waals surface area contributed by atoms with Crippen molar-refractivity contribution in [2.24, 2.45) is 0 Å². The number of aryl methyl sites for hydroxylation is 1. The first-order valence-electron chi connectivity index (χ1n) is 3.94. The van der Waals surface area contributed by atoms with E-state index in [0.29, 0.717) is 6.04 Å². The quantitative estimate of drug-likeness (QED) is 0.606. The molecule has 11 heavy (non-hydrogen) atoms. The molecule has 1 unspecified atom stereocenters. The van der Waals surface area contributed by atoms with E-state index in [9.17, 15) is 0 Å². The highest BCUT2D eigenvalue weighted by atomic mass is 15.3. The Balaban J connectivity index is 2.18. The highest BCUT2D eigenvalue weighted by molar-refractivity contribution is 4.91. The van der Waals surface area contributed by atoms with Gasteiger partial charge in [-0.1, -0.05) is 0 Å². The first-order chi connectivity index (χ1) is 5.40. The minimum atomic E-state index is 0.573. The molecule has 0 bridgehead atoms. The van der Waals surface area contributed by atoms with Gasteiger partial charge in [0.1, 0.15) is 12.2 Å². The zero-order valence-electron chi connectivity index (χ0n) is 6.62. The van der Waals surface area contributed by atoms with Crippen LogP contribution in [-0.2, 0) is 13.0 Å². The zero-order valence-corrected chi connectivity index (χ0v) is 6.62. The third-order valence-electron chi connectivity index (χ3n) is 2.21. The Morgan fingerprint density at radius 2 is 2.64 bits per heavy atom. The van der Waals surface area contributed by atoms with E-state index < -0.39 is 0 Å². The molecule has 0 amide bonds. The largest absolute Gasteiger partial charge is 0.315 e. The molecular weight excluding hydrogens is 140 g/mol. The average molecular weight is 152 g/mol. The molecule has 1 aromatic heterocycles. The van der Waals surface area contributed by atoms with Gasteiger partial charge in [-0.25, -0.2) is 9.67 Å². The molecule has 0 radical (unpaired) electrons. The van der Waals surface area contributed by atoms with Gasteiger partial charge in [0.05, 0.1) is 6.54 Å². The molecule has 0 aliphatic carbocycles. The Bertz CT molecular complexity index is 242. The van der Waals surface area contributed by atoms with Crippen LogP contribution in [-0.4, -0.2) is 27.9 Å². The molecule has 0 aromatic carbocycles. The van der Waals surface area contributed by atoms with Crippen LogP contribution in [0.4, 0.5) is 0 Å². The van der Waals surface area contributed by atoms with Crippen LogP contribution in [0.2, 0.25) is 0 Å². The van der Waals surface area contributed by atoms with Crippen LogP contribution in [0.1, 0.15) is 12.2 Å². The fourth-order valence-corrected chi connectivity index (χ4v) is 1.47. The fourth-order valence-electron chi connectivity index (χ4n) is 1.47. The van der Waals surface area contributed by atoms with E-state index in [0.717, 1.165) is 18.8 Å². The predicted molar refractivity (Wildman–Crippen MR) is 41.2 cm³/mol. The molecule has 60 valence electrons. The van der Waals surface area contributed by atoms with Crippen LogP contribution >= 0.6 is 0 Å². The molecule has 4 nitrogen and oxygen atoms in total. The lowest BCUT2D eigenvalue weighted by molar-refractivity contribution is 0.378. The number of hydrogen-bond acceptors (Lipinski definition) is 3. The number of nitrogens with one attached hydrogen (secondary N) is 1. The smallest absolute Gasteiger partial charge is 0.138 e. The van der Waals surface area contributed by atoms with Crippen molar-refractivity contribution in [3.63, 3.8) is 0 Å². The monoisotopic (exact) mass is 152 g/mol. The molecule has 4 heteroatoms. The summed E-state index contributed by atoms with van der Waals surface area (Å²) in [6, 6.07) is 0.573. The van der Waals surface area contributed by atoms with Crippen molar-refractivity contribution in [1.82, 2.24) is 20.1 Å². The van der Waals surface area contributed by atoms with Gasteiger partial charge in [-0.2, -0.15) is 5.10 Å². The summed E-state index contributed by atoms with van der Waals surface area (Å²) in [5, 5.41) is 7.37. The summed E-state index contributed by atoms with van der Waals surface area (Å²) >= 11 is 0. The second-order valence-electron chi connectivity index (χ2n) is 2.88. The first kappa shape index (κ1) is 6.79. The minimum absolute atomic E-state index is 0.573. The maximum atomic E-state index is 4.15. The summed E-state index contributed by atoms with van der Waals surface area (Å²) in [5.41, 5.74) is 0. The van der Waals surface area contributed by atoms with E-state index in [4.69, 9.17) is 0 Å². The Hall–Kier alpha value is -0.900. The number of nitrogens with zero attached hydrogens (tertiary/aromatic N) is 3. The lowest BCUT2D eigenvalue weighted by Crippen LogP contribution is -2.35. The second-order valence-corrected chi connectivity index (χ2v) is 2.88. The van der Waals surface area contributed by atoms with Crippen molar-refractivity contribution >= 4 is 0 Å². The molecular formula is C7H12N4. The van der Waals surface area contributed by atoms with Gasteiger partial charge in [-0.05, 0) is 13.5 Å². The molecule has 0 spiro atoms. The number of rotatable bonds is 1. The summed E-state index contributed by atoms with van der Waals surface area (Å²) in [6.45, 7) is 0.964. The van der Waals surface area contributed by atoms with Crippen molar-refractivity contribution in [2.45, 2.75) is 25.4 Å². The third-order valence-corrected chi connectivity index (χ3v) is 2.21. The fraction of sp³-hybridized carbons (Fsp3) is 0.714. The van der Waals surface area contributed by atoms with Gasteiger partial charge in [-0.3, -0.25) is 0 Å². The van der Waals surface area contributed by atoms with Gasteiger partial charge >= 0.3 is 0 Å². The molecule has 1 aliphatic heterocycles. The normalized spacial score (nSPS) is 23.2. The molecule has 2 rings (SSSR count). The molecule has 1 N–H and O–H groups in total. The third kappa shape index (κ3) is 1.14. The first-order valence-corrected chi connectivity index (χ1v) is 3.94. The number of aromatic nitrogens is 3.